The molecule has 0 unspecified atom stereocenters. The maximum absolute atomic E-state index is 10.9. The van der Waals surface area contributed by atoms with E-state index >= 15 is 0 Å². The number of hydrogen-bond acceptors (Lipinski definition) is 4. The average Bonchev–Trinajstić information content (AvgIpc) is 1.84. The van der Waals surface area contributed by atoms with E-state index in [2.05, 4.69) is 0 Å². The third-order valence-corrected chi connectivity index (χ3v) is 0.916. The first-order valence-electron chi connectivity index (χ1n) is 3.67. The summed E-state index contributed by atoms with van der Waals surface area (Å²) in [6.07, 6.45) is -0.850. The van der Waals surface area contributed by atoms with Gasteiger partial charge in [0.15, 0.2) is 0 Å². The molecule has 0 atom stereocenters. The van der Waals surface area contributed by atoms with Crippen molar-refractivity contribution in [1.29, 1.82) is 0 Å². The number of hydrogen-bond donors (Lipinski definition) is 2. The molecule has 0 aliphatic rings. The molecule has 0 heterocycles. The molecule has 0 aromatic rings. The van der Waals surface area contributed by atoms with E-state index in [0.29, 0.717) is 5.06 Å². The van der Waals surface area contributed by atoms with Crippen molar-refractivity contribution < 1.29 is 19.8 Å². The maximum Gasteiger partial charge on any atom is 0.434 e. The maximum atomic E-state index is 10.9. The van der Waals surface area contributed by atoms with Crippen LogP contribution in [0.1, 0.15) is 20.8 Å². The second-order valence-corrected chi connectivity index (χ2v) is 3.33. The Balaban J connectivity index is 3.87. The lowest BCUT2D eigenvalue weighted by Crippen LogP contribution is -2.36. The normalized spacial score (nSPS) is 11.1. The number of amides is 1. The molecule has 0 radical (unpaired) electrons. The lowest BCUT2D eigenvalue weighted by Gasteiger charge is -2.22. The molecule has 12 heavy (non-hydrogen) atoms. The van der Waals surface area contributed by atoms with Gasteiger partial charge in [-0.05, 0) is 20.8 Å². The largest absolute Gasteiger partial charge is 0.442 e. The Labute approximate surface area is 71.5 Å². The Kier molecular flexibility index (Phi) is 3.99. The summed E-state index contributed by atoms with van der Waals surface area (Å²) >= 11 is 0. The number of aliphatic hydroxyl groups excluding tert-OH is 1. The third kappa shape index (κ3) is 4.92. The van der Waals surface area contributed by atoms with Crippen molar-refractivity contribution >= 4 is 6.09 Å². The minimum absolute atomic E-state index is 0.144. The summed E-state index contributed by atoms with van der Waals surface area (Å²) in [7, 11) is 0. The van der Waals surface area contributed by atoms with Crippen LogP contribution in [0, 0.1) is 0 Å². The molecule has 0 aliphatic heterocycles. The van der Waals surface area contributed by atoms with Crippen molar-refractivity contribution in [1.82, 2.24) is 5.06 Å². The van der Waals surface area contributed by atoms with Gasteiger partial charge in [0.1, 0.15) is 5.60 Å². The highest BCUT2D eigenvalue weighted by atomic mass is 16.6. The Morgan fingerprint density at radius 2 is 2.00 bits per heavy atom. The van der Waals surface area contributed by atoms with Crippen LogP contribution in [-0.2, 0) is 4.74 Å². The first-order valence-corrected chi connectivity index (χ1v) is 3.67. The second-order valence-electron chi connectivity index (χ2n) is 3.33. The summed E-state index contributed by atoms with van der Waals surface area (Å²) in [5.41, 5.74) is -0.631. The lowest BCUT2D eigenvalue weighted by molar-refractivity contribution is -0.0991. The van der Waals surface area contributed by atoms with Crippen molar-refractivity contribution in [2.75, 3.05) is 13.2 Å². The molecule has 0 spiro atoms. The van der Waals surface area contributed by atoms with E-state index in [1.807, 2.05) is 0 Å². The van der Waals surface area contributed by atoms with E-state index in [1.165, 1.54) is 0 Å². The highest BCUT2D eigenvalue weighted by molar-refractivity contribution is 5.66. The van der Waals surface area contributed by atoms with Crippen LogP contribution < -0.4 is 0 Å². The summed E-state index contributed by atoms with van der Waals surface area (Å²) in [6, 6.07) is 0. The minimum atomic E-state index is -0.850. The van der Waals surface area contributed by atoms with Crippen LogP contribution >= 0.6 is 0 Å². The molecule has 0 fully saturated rings. The van der Waals surface area contributed by atoms with E-state index in [4.69, 9.17) is 15.1 Å². The van der Waals surface area contributed by atoms with Gasteiger partial charge in [-0.15, -0.1) is 0 Å². The number of nitrogens with zero attached hydrogens (tertiary/aromatic N) is 1. The average molecular weight is 177 g/mol. The fourth-order valence-electron chi connectivity index (χ4n) is 0.501. The van der Waals surface area contributed by atoms with Crippen molar-refractivity contribution in [2.24, 2.45) is 0 Å². The van der Waals surface area contributed by atoms with Crippen molar-refractivity contribution in [2.45, 2.75) is 26.4 Å². The molecular formula is C7H15NO4. The predicted molar refractivity (Wildman–Crippen MR) is 41.8 cm³/mol. The fraction of sp³-hybridized carbons (Fsp3) is 0.857. The predicted octanol–water partition coefficient (Wildman–Crippen LogP) is 0.605. The van der Waals surface area contributed by atoms with Gasteiger partial charge in [-0.2, -0.15) is 5.06 Å². The molecule has 2 N–H and O–H groups in total. The standard InChI is InChI=1S/C7H15NO4/c1-7(2,3)12-6(10)8(11)4-5-9/h9,11H,4-5H2,1-3H3. The zero-order chi connectivity index (χ0) is 9.78. The number of aliphatic hydroxyl groups is 1. The van der Waals surface area contributed by atoms with Crippen LogP contribution in [0.3, 0.4) is 0 Å². The molecule has 0 aromatic carbocycles. The molecule has 0 aromatic heterocycles. The summed E-state index contributed by atoms with van der Waals surface area (Å²) in [4.78, 5) is 10.9. The van der Waals surface area contributed by atoms with Gasteiger partial charge in [0, 0.05) is 0 Å². The smallest absolute Gasteiger partial charge is 0.434 e. The Hall–Kier alpha value is -0.810. The number of carbonyl (C=O) groups is 1. The highest BCUT2D eigenvalue weighted by Gasteiger charge is 2.20. The zero-order valence-corrected chi connectivity index (χ0v) is 7.57. The van der Waals surface area contributed by atoms with Gasteiger partial charge in [0.25, 0.3) is 0 Å². The number of ether oxygens (including phenoxy) is 1. The first-order chi connectivity index (χ1) is 5.37. The van der Waals surface area contributed by atoms with Crippen LogP contribution in [-0.4, -0.2) is 40.2 Å². The van der Waals surface area contributed by atoms with Gasteiger partial charge in [0.05, 0.1) is 13.2 Å². The third-order valence-electron chi connectivity index (χ3n) is 0.916. The quantitative estimate of drug-likeness (QED) is 0.478. The summed E-state index contributed by atoms with van der Waals surface area (Å²) in [5, 5.41) is 17.6. The minimum Gasteiger partial charge on any atom is -0.442 e. The number of hydroxylamine groups is 2. The summed E-state index contributed by atoms with van der Waals surface area (Å²) in [6.45, 7) is 4.64. The van der Waals surface area contributed by atoms with E-state index in [9.17, 15) is 4.79 Å². The fourth-order valence-corrected chi connectivity index (χ4v) is 0.501. The van der Waals surface area contributed by atoms with Crippen molar-refractivity contribution in [3.63, 3.8) is 0 Å². The highest BCUT2D eigenvalue weighted by Crippen LogP contribution is 2.08. The van der Waals surface area contributed by atoms with Gasteiger partial charge < -0.3 is 9.84 Å². The van der Waals surface area contributed by atoms with Crippen molar-refractivity contribution in [3.05, 3.63) is 0 Å². The molecule has 5 nitrogen and oxygen atoms in total. The van der Waals surface area contributed by atoms with Gasteiger partial charge in [0.2, 0.25) is 0 Å². The van der Waals surface area contributed by atoms with Crippen LogP contribution in [0.2, 0.25) is 0 Å². The monoisotopic (exact) mass is 177 g/mol. The molecule has 0 rings (SSSR count). The lowest BCUT2D eigenvalue weighted by atomic mass is 10.2. The van der Waals surface area contributed by atoms with Crippen molar-refractivity contribution in [3.8, 4) is 0 Å². The van der Waals surface area contributed by atoms with Gasteiger partial charge in [-0.1, -0.05) is 0 Å². The number of rotatable bonds is 2. The Morgan fingerprint density at radius 1 is 1.50 bits per heavy atom. The molecule has 0 aliphatic carbocycles. The van der Waals surface area contributed by atoms with Crippen LogP contribution in [0.4, 0.5) is 4.79 Å². The topological polar surface area (TPSA) is 70.0 Å². The van der Waals surface area contributed by atoms with E-state index in [1.54, 1.807) is 20.8 Å². The van der Waals surface area contributed by atoms with E-state index in [0.717, 1.165) is 0 Å². The summed E-state index contributed by atoms with van der Waals surface area (Å²) < 4.78 is 4.78. The first kappa shape index (κ1) is 11.2. The molecule has 0 saturated carbocycles. The Bertz CT molecular complexity index is 152. The molecule has 5 heteroatoms. The summed E-state index contributed by atoms with van der Waals surface area (Å²) in [5.74, 6) is 0. The van der Waals surface area contributed by atoms with E-state index < -0.39 is 11.7 Å². The van der Waals surface area contributed by atoms with E-state index in [-0.39, 0.29) is 13.2 Å². The second kappa shape index (κ2) is 4.27. The van der Waals surface area contributed by atoms with Gasteiger partial charge >= 0.3 is 6.09 Å². The SMILES string of the molecule is CC(C)(C)OC(=O)N(O)CCO. The van der Waals surface area contributed by atoms with Crippen LogP contribution in [0.15, 0.2) is 0 Å². The Morgan fingerprint density at radius 3 is 2.33 bits per heavy atom. The number of carbonyl (C=O) groups excluding carboxylic acids is 1. The molecular weight excluding hydrogens is 162 g/mol. The van der Waals surface area contributed by atoms with Gasteiger partial charge in [-0.3, -0.25) is 5.21 Å². The zero-order valence-electron chi connectivity index (χ0n) is 7.57. The molecule has 72 valence electrons. The molecule has 0 saturated heterocycles. The molecule has 1 amide bonds. The van der Waals surface area contributed by atoms with Gasteiger partial charge in [-0.25, -0.2) is 4.79 Å². The molecule has 0 bridgehead atoms. The van der Waals surface area contributed by atoms with Crippen LogP contribution in [0.25, 0.3) is 0 Å². The van der Waals surface area contributed by atoms with Crippen LogP contribution in [0.5, 0.6) is 0 Å².